The summed E-state index contributed by atoms with van der Waals surface area (Å²) in [6.45, 7) is 1.43. The standard InChI is InChI=1S/C16H22N4O3S/c1-17(2)24(22,23)20-11-9-19(10-12-20)16(21)14-5-4-6-15-13(14)7-8-18(15)3/h4-8H,9-12H2,1-3H3. The number of hydrogen-bond acceptors (Lipinski definition) is 3. The average Bonchev–Trinajstić information content (AvgIpc) is 2.95. The lowest BCUT2D eigenvalue weighted by atomic mass is 10.1. The first-order valence-corrected chi connectivity index (χ1v) is 9.23. The highest BCUT2D eigenvalue weighted by atomic mass is 32.2. The van der Waals surface area contributed by atoms with E-state index in [1.54, 1.807) is 4.90 Å². The number of fused-ring (bicyclic) bond motifs is 1. The van der Waals surface area contributed by atoms with Crippen molar-refractivity contribution < 1.29 is 13.2 Å². The zero-order valence-corrected chi connectivity index (χ0v) is 15.0. The maximum atomic E-state index is 12.9. The van der Waals surface area contributed by atoms with Crippen LogP contribution in [0.3, 0.4) is 0 Å². The molecule has 1 amide bonds. The SMILES string of the molecule is CN(C)S(=O)(=O)N1CCN(C(=O)c2cccc3c2ccn3C)CC1. The van der Waals surface area contributed by atoms with Gasteiger partial charge in [-0.25, -0.2) is 0 Å². The highest BCUT2D eigenvalue weighted by Gasteiger charge is 2.30. The molecule has 1 aliphatic rings. The minimum absolute atomic E-state index is 0.0475. The predicted molar refractivity (Wildman–Crippen MR) is 93.0 cm³/mol. The minimum Gasteiger partial charge on any atom is -0.351 e. The van der Waals surface area contributed by atoms with Gasteiger partial charge in [0.05, 0.1) is 0 Å². The number of carbonyl (C=O) groups is 1. The van der Waals surface area contributed by atoms with E-state index >= 15 is 0 Å². The third-order valence-electron chi connectivity index (χ3n) is 4.47. The molecule has 0 aliphatic carbocycles. The zero-order valence-electron chi connectivity index (χ0n) is 14.1. The van der Waals surface area contributed by atoms with Crippen LogP contribution in [-0.2, 0) is 17.3 Å². The largest absolute Gasteiger partial charge is 0.351 e. The summed E-state index contributed by atoms with van der Waals surface area (Å²) in [5.41, 5.74) is 1.67. The van der Waals surface area contributed by atoms with Gasteiger partial charge in [0.2, 0.25) is 0 Å². The summed E-state index contributed by atoms with van der Waals surface area (Å²) >= 11 is 0. The topological polar surface area (TPSA) is 65.9 Å². The molecule has 0 spiro atoms. The predicted octanol–water partition coefficient (Wildman–Crippen LogP) is 0.743. The van der Waals surface area contributed by atoms with Crippen molar-refractivity contribution in [2.75, 3.05) is 40.3 Å². The Morgan fingerprint density at radius 2 is 1.75 bits per heavy atom. The van der Waals surface area contributed by atoms with E-state index in [1.165, 1.54) is 22.7 Å². The summed E-state index contributed by atoms with van der Waals surface area (Å²) in [4.78, 5) is 14.6. The molecule has 0 saturated carbocycles. The molecule has 2 heterocycles. The number of nitrogens with zero attached hydrogens (tertiary/aromatic N) is 4. The third kappa shape index (κ3) is 2.81. The van der Waals surface area contributed by atoms with Crippen LogP contribution in [-0.4, -0.2) is 72.7 Å². The molecular formula is C16H22N4O3S. The number of hydrogen-bond donors (Lipinski definition) is 0. The molecule has 130 valence electrons. The van der Waals surface area contributed by atoms with Crippen LogP contribution < -0.4 is 0 Å². The van der Waals surface area contributed by atoms with E-state index in [9.17, 15) is 13.2 Å². The third-order valence-corrected chi connectivity index (χ3v) is 6.41. The first-order chi connectivity index (χ1) is 11.3. The molecule has 0 atom stereocenters. The van der Waals surface area contributed by atoms with Gasteiger partial charge in [-0.2, -0.15) is 17.0 Å². The van der Waals surface area contributed by atoms with Crippen molar-refractivity contribution in [1.82, 2.24) is 18.1 Å². The van der Waals surface area contributed by atoms with Crippen LogP contribution in [0.1, 0.15) is 10.4 Å². The molecule has 1 fully saturated rings. The lowest BCUT2D eigenvalue weighted by molar-refractivity contribution is 0.0697. The molecule has 3 rings (SSSR count). The van der Waals surface area contributed by atoms with Crippen molar-refractivity contribution in [3.8, 4) is 0 Å². The average molecular weight is 350 g/mol. The lowest BCUT2D eigenvalue weighted by Gasteiger charge is -2.35. The monoisotopic (exact) mass is 350 g/mol. The van der Waals surface area contributed by atoms with Crippen molar-refractivity contribution in [2.24, 2.45) is 7.05 Å². The van der Waals surface area contributed by atoms with E-state index in [-0.39, 0.29) is 5.91 Å². The number of benzene rings is 1. The van der Waals surface area contributed by atoms with Gasteiger partial charge in [0.1, 0.15) is 0 Å². The first kappa shape index (κ1) is 16.9. The fourth-order valence-corrected chi connectivity index (χ4v) is 4.10. The first-order valence-electron chi connectivity index (χ1n) is 7.83. The molecule has 1 saturated heterocycles. The Kier molecular flexibility index (Phi) is 4.37. The second kappa shape index (κ2) is 6.19. The number of aromatic nitrogens is 1. The maximum absolute atomic E-state index is 12.9. The number of rotatable bonds is 3. The van der Waals surface area contributed by atoms with Gasteiger partial charge < -0.3 is 9.47 Å². The van der Waals surface area contributed by atoms with Gasteiger partial charge >= 0.3 is 0 Å². The second-order valence-corrected chi connectivity index (χ2v) is 8.29. The molecule has 2 aromatic rings. The number of piperazine rings is 1. The number of amides is 1. The van der Waals surface area contributed by atoms with Crippen molar-refractivity contribution >= 4 is 27.0 Å². The quantitative estimate of drug-likeness (QED) is 0.820. The van der Waals surface area contributed by atoms with Crippen molar-refractivity contribution in [1.29, 1.82) is 0 Å². The Labute approximate surface area is 142 Å². The van der Waals surface area contributed by atoms with Crippen molar-refractivity contribution in [3.63, 3.8) is 0 Å². The summed E-state index contributed by atoms with van der Waals surface area (Å²) in [6.07, 6.45) is 1.93. The highest BCUT2D eigenvalue weighted by Crippen LogP contribution is 2.22. The van der Waals surface area contributed by atoms with Gasteiger partial charge in [-0.05, 0) is 18.2 Å². The molecule has 0 N–H and O–H groups in total. The van der Waals surface area contributed by atoms with Gasteiger partial charge in [-0.3, -0.25) is 4.79 Å². The van der Waals surface area contributed by atoms with E-state index in [0.717, 1.165) is 10.9 Å². The Morgan fingerprint density at radius 1 is 1.08 bits per heavy atom. The van der Waals surface area contributed by atoms with Gasteiger partial charge in [0.25, 0.3) is 16.1 Å². The van der Waals surface area contributed by atoms with Crippen molar-refractivity contribution in [3.05, 3.63) is 36.0 Å². The minimum atomic E-state index is -3.42. The summed E-state index contributed by atoms with van der Waals surface area (Å²) in [7, 11) is 1.56. The fraction of sp³-hybridized carbons (Fsp3) is 0.438. The normalized spacial score (nSPS) is 16.9. The Bertz CT molecular complexity index is 865. The Morgan fingerprint density at radius 3 is 2.38 bits per heavy atom. The molecule has 1 aromatic heterocycles. The Hall–Kier alpha value is -1.90. The number of aryl methyl sites for hydroxylation is 1. The maximum Gasteiger partial charge on any atom is 0.281 e. The van der Waals surface area contributed by atoms with Gasteiger partial charge in [-0.1, -0.05) is 6.07 Å². The molecule has 8 heteroatoms. The molecule has 1 aromatic carbocycles. The smallest absolute Gasteiger partial charge is 0.281 e. The summed E-state index contributed by atoms with van der Waals surface area (Å²) in [6, 6.07) is 7.62. The number of carbonyl (C=O) groups excluding carboxylic acids is 1. The van der Waals surface area contributed by atoms with Crippen LogP contribution in [0.4, 0.5) is 0 Å². The fourth-order valence-electron chi connectivity index (χ4n) is 3.01. The van der Waals surface area contributed by atoms with Gasteiger partial charge in [-0.15, -0.1) is 0 Å². The molecular weight excluding hydrogens is 328 g/mol. The highest BCUT2D eigenvalue weighted by molar-refractivity contribution is 7.86. The Balaban J connectivity index is 1.78. The van der Waals surface area contributed by atoms with Crippen LogP contribution in [0.15, 0.2) is 30.5 Å². The van der Waals surface area contributed by atoms with E-state index < -0.39 is 10.2 Å². The van der Waals surface area contributed by atoms with Crippen LogP contribution in [0.25, 0.3) is 10.9 Å². The second-order valence-electron chi connectivity index (χ2n) is 6.15. The molecule has 0 unspecified atom stereocenters. The van der Waals surface area contributed by atoms with Crippen molar-refractivity contribution in [2.45, 2.75) is 0 Å². The van der Waals surface area contributed by atoms with Crippen LogP contribution in [0.5, 0.6) is 0 Å². The summed E-state index contributed by atoms with van der Waals surface area (Å²) in [5.74, 6) is -0.0475. The van der Waals surface area contributed by atoms with Gasteiger partial charge in [0, 0.05) is 70.0 Å². The molecule has 1 aliphatic heterocycles. The van der Waals surface area contributed by atoms with E-state index in [4.69, 9.17) is 0 Å². The van der Waals surface area contributed by atoms with E-state index in [2.05, 4.69) is 0 Å². The molecule has 7 nitrogen and oxygen atoms in total. The molecule has 0 radical (unpaired) electrons. The van der Waals surface area contributed by atoms with Gasteiger partial charge in [0.15, 0.2) is 0 Å². The molecule has 24 heavy (non-hydrogen) atoms. The zero-order chi connectivity index (χ0) is 17.5. The van der Waals surface area contributed by atoms with E-state index in [0.29, 0.717) is 31.7 Å². The van der Waals surface area contributed by atoms with Crippen LogP contribution >= 0.6 is 0 Å². The lowest BCUT2D eigenvalue weighted by Crippen LogP contribution is -2.53. The van der Waals surface area contributed by atoms with Crippen LogP contribution in [0, 0.1) is 0 Å². The van der Waals surface area contributed by atoms with Crippen LogP contribution in [0.2, 0.25) is 0 Å². The molecule has 0 bridgehead atoms. The summed E-state index contributed by atoms with van der Waals surface area (Å²) < 4.78 is 28.9. The summed E-state index contributed by atoms with van der Waals surface area (Å²) in [5, 5.41) is 0.924. The van der Waals surface area contributed by atoms with E-state index in [1.807, 2.05) is 42.1 Å².